The molecule has 0 amide bonds. The van der Waals surface area contributed by atoms with E-state index in [1.807, 2.05) is 14.0 Å². The van der Waals surface area contributed by atoms with Crippen molar-refractivity contribution in [2.75, 3.05) is 18.0 Å². The number of rotatable bonds is 9. The molecule has 1 atom stereocenters. The summed E-state index contributed by atoms with van der Waals surface area (Å²) in [5.74, 6) is -3.52. The molecule has 12 heteroatoms. The van der Waals surface area contributed by atoms with Gasteiger partial charge in [0.25, 0.3) is 5.92 Å². The molecule has 0 aromatic carbocycles. The summed E-state index contributed by atoms with van der Waals surface area (Å²) in [6, 6.07) is 0. The van der Waals surface area contributed by atoms with Gasteiger partial charge in [0.2, 0.25) is 0 Å². The zero-order chi connectivity index (χ0) is 25.4. The average Bonchev–Trinajstić information content (AvgIpc) is 3.40. The summed E-state index contributed by atoms with van der Waals surface area (Å²) in [7, 11) is 1.83. The van der Waals surface area contributed by atoms with Crippen LogP contribution in [0.4, 0.5) is 14.5 Å². The zero-order valence-electron chi connectivity index (χ0n) is 20.4. The third-order valence-electron chi connectivity index (χ3n) is 6.84. The lowest BCUT2D eigenvalue weighted by atomic mass is 9.92. The third-order valence-corrected chi connectivity index (χ3v) is 6.84. The van der Waals surface area contributed by atoms with Crippen molar-refractivity contribution >= 4 is 11.7 Å². The molecule has 3 aromatic heterocycles. The molecule has 36 heavy (non-hydrogen) atoms. The van der Waals surface area contributed by atoms with Crippen molar-refractivity contribution in [1.29, 1.82) is 0 Å². The average molecular weight is 501 g/mol. The Morgan fingerprint density at radius 1 is 1.19 bits per heavy atom. The molecule has 1 saturated carbocycles. The molecule has 0 spiro atoms. The Morgan fingerprint density at radius 3 is 2.72 bits per heavy atom. The maximum atomic E-state index is 14.5. The molecule has 1 aliphatic heterocycles. The molecule has 2 fully saturated rings. The van der Waals surface area contributed by atoms with Gasteiger partial charge in [0.1, 0.15) is 6.54 Å². The van der Waals surface area contributed by atoms with Crippen LogP contribution in [0.25, 0.3) is 11.4 Å². The molecule has 0 unspecified atom stereocenters. The first-order valence-electron chi connectivity index (χ1n) is 12.3. The van der Waals surface area contributed by atoms with Gasteiger partial charge in [-0.05, 0) is 37.5 Å². The van der Waals surface area contributed by atoms with Crippen molar-refractivity contribution < 1.29 is 18.7 Å². The van der Waals surface area contributed by atoms with Crippen LogP contribution in [0.3, 0.4) is 0 Å². The highest BCUT2D eigenvalue weighted by molar-refractivity contribution is 5.67. The van der Waals surface area contributed by atoms with Crippen LogP contribution >= 0.6 is 0 Å². The van der Waals surface area contributed by atoms with Gasteiger partial charge in [-0.15, -0.1) is 0 Å². The second-order valence-corrected chi connectivity index (χ2v) is 9.93. The molecule has 192 valence electrons. The minimum atomic E-state index is -2.98. The maximum Gasteiger partial charge on any atom is 0.303 e. The first-order chi connectivity index (χ1) is 17.2. The van der Waals surface area contributed by atoms with E-state index in [0.29, 0.717) is 30.2 Å². The van der Waals surface area contributed by atoms with Gasteiger partial charge in [-0.25, -0.2) is 18.7 Å². The van der Waals surface area contributed by atoms with Gasteiger partial charge in [0, 0.05) is 20.0 Å². The van der Waals surface area contributed by atoms with Gasteiger partial charge in [-0.2, -0.15) is 20.1 Å². The number of anilines is 1. The number of piperidine rings is 1. The SMILES string of the molecule is CCc1nc(-c2cnn(C)c2Cn2ncc(CC3CC3)n2)ncc1N1C[C@@H](CC(=O)O)CC(F)(F)C1. The van der Waals surface area contributed by atoms with Gasteiger partial charge in [-0.3, -0.25) is 9.48 Å². The summed E-state index contributed by atoms with van der Waals surface area (Å²) in [5.41, 5.74) is 3.69. The number of carboxylic acid groups (broad SMARTS) is 1. The van der Waals surface area contributed by atoms with Crippen molar-refractivity contribution in [3.63, 3.8) is 0 Å². The Bertz CT molecular complexity index is 1250. The normalized spacial score (nSPS) is 19.6. The van der Waals surface area contributed by atoms with Crippen LogP contribution in [0.1, 0.15) is 49.7 Å². The van der Waals surface area contributed by atoms with Gasteiger partial charge >= 0.3 is 5.97 Å². The Kier molecular flexibility index (Phi) is 6.44. The fourth-order valence-corrected chi connectivity index (χ4v) is 4.93. The first kappa shape index (κ1) is 24.3. The third kappa shape index (κ3) is 5.36. The van der Waals surface area contributed by atoms with Crippen molar-refractivity contribution in [3.05, 3.63) is 35.7 Å². The van der Waals surface area contributed by atoms with E-state index in [4.69, 9.17) is 10.1 Å². The van der Waals surface area contributed by atoms with Gasteiger partial charge < -0.3 is 10.0 Å². The van der Waals surface area contributed by atoms with E-state index in [-0.39, 0.29) is 13.0 Å². The van der Waals surface area contributed by atoms with E-state index in [1.54, 1.807) is 28.1 Å². The standard InChI is InChI=1S/C24H30F2N8O2/c1-3-19-20(33-12-16(7-22(35)36)8-24(25,26)14-33)11-27-23(30-19)18-10-28-32(2)21(18)13-34-29-9-17(31-34)6-15-4-5-15/h9-11,15-16H,3-8,12-14H2,1-2H3,(H,35,36)/t16-/m0/s1. The monoisotopic (exact) mass is 500 g/mol. The number of aliphatic carboxylic acids is 1. The number of carbonyl (C=O) groups is 1. The maximum absolute atomic E-state index is 14.5. The summed E-state index contributed by atoms with van der Waals surface area (Å²) < 4.78 is 30.7. The number of halogens is 2. The molecule has 1 aliphatic carbocycles. The number of nitrogens with zero attached hydrogens (tertiary/aromatic N) is 8. The topological polar surface area (TPSA) is 115 Å². The lowest BCUT2D eigenvalue weighted by molar-refractivity contribution is -0.139. The largest absolute Gasteiger partial charge is 0.481 e. The molecule has 0 radical (unpaired) electrons. The van der Waals surface area contributed by atoms with E-state index in [2.05, 4.69) is 20.3 Å². The van der Waals surface area contributed by atoms with E-state index in [1.165, 1.54) is 17.7 Å². The molecule has 10 nitrogen and oxygen atoms in total. The summed E-state index contributed by atoms with van der Waals surface area (Å²) in [4.78, 5) is 23.6. The molecule has 0 bridgehead atoms. The van der Waals surface area contributed by atoms with Crippen molar-refractivity contribution in [3.8, 4) is 11.4 Å². The Labute approximate surface area is 207 Å². The number of hydrogen-bond acceptors (Lipinski definition) is 7. The Morgan fingerprint density at radius 2 is 2.00 bits per heavy atom. The van der Waals surface area contributed by atoms with E-state index in [0.717, 1.165) is 29.3 Å². The molecular formula is C24H30F2N8O2. The number of carboxylic acids is 1. The van der Waals surface area contributed by atoms with Crippen LogP contribution in [-0.4, -0.2) is 64.8 Å². The highest BCUT2D eigenvalue weighted by Gasteiger charge is 2.41. The Hall–Kier alpha value is -3.44. The van der Waals surface area contributed by atoms with Crippen LogP contribution in [0.15, 0.2) is 18.6 Å². The van der Waals surface area contributed by atoms with Gasteiger partial charge in [-0.1, -0.05) is 6.92 Å². The molecule has 1 saturated heterocycles. The molecule has 3 aromatic rings. The Balaban J connectivity index is 1.40. The predicted molar refractivity (Wildman–Crippen MR) is 127 cm³/mol. The summed E-state index contributed by atoms with van der Waals surface area (Å²) in [6.07, 6.45) is 8.30. The zero-order valence-corrected chi connectivity index (χ0v) is 20.4. The summed E-state index contributed by atoms with van der Waals surface area (Å²) in [6.45, 7) is 2.05. The van der Waals surface area contributed by atoms with Crippen molar-refractivity contribution in [1.82, 2.24) is 34.7 Å². The lowest BCUT2D eigenvalue weighted by Gasteiger charge is -2.38. The van der Waals surface area contributed by atoms with Gasteiger partial charge in [0.15, 0.2) is 5.82 Å². The number of aryl methyl sites for hydroxylation is 2. The van der Waals surface area contributed by atoms with E-state index < -0.39 is 30.8 Å². The van der Waals surface area contributed by atoms with Crippen molar-refractivity contribution in [2.45, 2.75) is 57.9 Å². The number of hydrogen-bond donors (Lipinski definition) is 1. The second-order valence-electron chi connectivity index (χ2n) is 9.93. The van der Waals surface area contributed by atoms with Crippen LogP contribution in [0, 0.1) is 11.8 Å². The predicted octanol–water partition coefficient (Wildman–Crippen LogP) is 2.97. The smallest absolute Gasteiger partial charge is 0.303 e. The quantitative estimate of drug-likeness (QED) is 0.477. The molecular weight excluding hydrogens is 470 g/mol. The molecule has 5 rings (SSSR count). The molecule has 4 heterocycles. The van der Waals surface area contributed by atoms with E-state index in [9.17, 15) is 13.6 Å². The summed E-state index contributed by atoms with van der Waals surface area (Å²) in [5, 5.41) is 22.5. The number of aromatic nitrogens is 7. The van der Waals surface area contributed by atoms with Crippen LogP contribution in [0.2, 0.25) is 0 Å². The van der Waals surface area contributed by atoms with Gasteiger partial charge in [0.05, 0.1) is 59.9 Å². The second kappa shape index (κ2) is 9.55. The fraction of sp³-hybridized carbons (Fsp3) is 0.583. The highest BCUT2D eigenvalue weighted by atomic mass is 19.3. The number of alkyl halides is 2. The fourth-order valence-electron chi connectivity index (χ4n) is 4.93. The van der Waals surface area contributed by atoms with E-state index >= 15 is 0 Å². The lowest BCUT2D eigenvalue weighted by Crippen LogP contribution is -2.48. The summed E-state index contributed by atoms with van der Waals surface area (Å²) >= 11 is 0. The minimum Gasteiger partial charge on any atom is -0.481 e. The van der Waals surface area contributed by atoms with Crippen LogP contribution in [0.5, 0.6) is 0 Å². The first-order valence-corrected chi connectivity index (χ1v) is 12.3. The molecule has 2 aliphatic rings. The van der Waals surface area contributed by atoms with Crippen LogP contribution in [-0.2, 0) is 31.2 Å². The van der Waals surface area contributed by atoms with Crippen molar-refractivity contribution in [2.24, 2.45) is 18.9 Å². The minimum absolute atomic E-state index is 0.226. The van der Waals surface area contributed by atoms with Crippen LogP contribution < -0.4 is 4.90 Å². The highest BCUT2D eigenvalue weighted by Crippen LogP contribution is 2.36. The molecule has 1 N–H and O–H groups in total.